The number of carbonyl (C=O) groups excluding carboxylic acids is 2. The molecule has 2 aliphatic heterocycles. The molecule has 37 heavy (non-hydrogen) atoms. The fourth-order valence-electron chi connectivity index (χ4n) is 4.21. The lowest BCUT2D eigenvalue weighted by molar-refractivity contribution is -0.121. The van der Waals surface area contributed by atoms with E-state index in [0.29, 0.717) is 22.3 Å². The van der Waals surface area contributed by atoms with Crippen LogP contribution in [0, 0.1) is 6.92 Å². The number of hydrogen-bond donors (Lipinski definition) is 1. The van der Waals surface area contributed by atoms with Crippen molar-refractivity contribution in [3.63, 3.8) is 0 Å². The van der Waals surface area contributed by atoms with E-state index in [2.05, 4.69) is 34.6 Å². The Kier molecular flexibility index (Phi) is 7.30. The number of thioether (sulfide) groups is 1. The minimum absolute atomic E-state index is 0.00863. The quantitative estimate of drug-likeness (QED) is 0.431. The van der Waals surface area contributed by atoms with E-state index in [9.17, 15) is 9.59 Å². The lowest BCUT2D eigenvalue weighted by Gasteiger charge is -2.23. The van der Waals surface area contributed by atoms with Gasteiger partial charge in [-0.25, -0.2) is 5.01 Å². The van der Waals surface area contributed by atoms with Crippen LogP contribution >= 0.6 is 23.4 Å². The first-order valence-corrected chi connectivity index (χ1v) is 13.1. The van der Waals surface area contributed by atoms with Crippen molar-refractivity contribution < 1.29 is 14.3 Å². The summed E-state index contributed by atoms with van der Waals surface area (Å²) in [6.45, 7) is 2.05. The van der Waals surface area contributed by atoms with Crippen molar-refractivity contribution in [1.82, 2.24) is 5.01 Å². The van der Waals surface area contributed by atoms with Gasteiger partial charge in [-0.2, -0.15) is 10.1 Å². The second-order valence-corrected chi connectivity index (χ2v) is 10.5. The second-order valence-electron chi connectivity index (χ2n) is 8.85. The number of ether oxygens (including phenoxy) is 1. The van der Waals surface area contributed by atoms with Crippen molar-refractivity contribution in [3.05, 3.63) is 94.5 Å². The molecule has 3 aromatic rings. The SMILES string of the molecule is COc1ccc([C@H]2CC(c3ccc(C)cc3)=NN2C2=NC(=O)[C@@H](CC(=O)Nc3ccc(Cl)cc3)S2)cc1. The van der Waals surface area contributed by atoms with E-state index in [-0.39, 0.29) is 24.3 Å². The average molecular weight is 533 g/mol. The maximum absolute atomic E-state index is 12.8. The molecule has 0 bridgehead atoms. The maximum atomic E-state index is 12.8. The molecular weight excluding hydrogens is 508 g/mol. The lowest BCUT2D eigenvalue weighted by Crippen LogP contribution is -2.25. The van der Waals surface area contributed by atoms with Gasteiger partial charge in [0.05, 0.1) is 18.9 Å². The zero-order valence-electron chi connectivity index (χ0n) is 20.3. The average Bonchev–Trinajstić information content (AvgIpc) is 3.50. The predicted molar refractivity (Wildman–Crippen MR) is 148 cm³/mol. The fraction of sp³-hybridized carbons (Fsp3) is 0.214. The van der Waals surface area contributed by atoms with E-state index in [4.69, 9.17) is 21.4 Å². The van der Waals surface area contributed by atoms with Crippen molar-refractivity contribution in [3.8, 4) is 5.75 Å². The van der Waals surface area contributed by atoms with E-state index in [1.54, 1.807) is 31.4 Å². The smallest absolute Gasteiger partial charge is 0.262 e. The number of amides is 2. The third-order valence-electron chi connectivity index (χ3n) is 6.22. The van der Waals surface area contributed by atoms with Gasteiger partial charge in [0.15, 0.2) is 5.17 Å². The molecule has 9 heteroatoms. The predicted octanol–water partition coefficient (Wildman–Crippen LogP) is 5.83. The summed E-state index contributed by atoms with van der Waals surface area (Å²) in [7, 11) is 1.63. The molecule has 188 valence electrons. The largest absolute Gasteiger partial charge is 0.497 e. The normalized spacial score (nSPS) is 19.0. The molecule has 2 aliphatic rings. The molecule has 0 unspecified atom stereocenters. The van der Waals surface area contributed by atoms with Crippen LogP contribution in [0.4, 0.5) is 5.69 Å². The number of anilines is 1. The maximum Gasteiger partial charge on any atom is 0.262 e. The molecule has 2 heterocycles. The zero-order chi connectivity index (χ0) is 25.9. The number of methoxy groups -OCH3 is 1. The molecule has 0 fully saturated rings. The van der Waals surface area contributed by atoms with Crippen LogP contribution in [0.15, 0.2) is 82.9 Å². The second kappa shape index (κ2) is 10.8. The summed E-state index contributed by atoms with van der Waals surface area (Å²) in [4.78, 5) is 29.7. The van der Waals surface area contributed by atoms with Gasteiger partial charge in [-0.1, -0.05) is 65.3 Å². The van der Waals surface area contributed by atoms with Crippen LogP contribution in [0.1, 0.15) is 35.6 Å². The van der Waals surface area contributed by atoms with Gasteiger partial charge >= 0.3 is 0 Å². The Morgan fingerprint density at radius 1 is 1.08 bits per heavy atom. The number of hydrazone groups is 1. The highest BCUT2D eigenvalue weighted by Crippen LogP contribution is 2.39. The summed E-state index contributed by atoms with van der Waals surface area (Å²) in [5, 5.41) is 9.99. The van der Waals surface area contributed by atoms with Gasteiger partial charge in [0.2, 0.25) is 5.91 Å². The Hall–Kier alpha value is -3.62. The van der Waals surface area contributed by atoms with Crippen LogP contribution in [0.3, 0.4) is 0 Å². The summed E-state index contributed by atoms with van der Waals surface area (Å²) in [5.74, 6) is 0.169. The Bertz CT molecular complexity index is 1370. The standard InChI is InChI=1S/C28H25ClN4O3S/c1-17-3-5-18(6-4-17)23-15-24(19-7-13-22(36-2)14-8-19)33(32-23)28-31-27(35)25(37-28)16-26(34)30-21-11-9-20(29)10-12-21/h3-14,24-25H,15-16H2,1-2H3,(H,30,34)/t24-,25-/m1/s1. The Balaban J connectivity index is 1.35. The van der Waals surface area contributed by atoms with Gasteiger partial charge < -0.3 is 10.1 Å². The number of amidine groups is 1. The Morgan fingerprint density at radius 2 is 1.78 bits per heavy atom. The first kappa shape index (κ1) is 25.0. The van der Waals surface area contributed by atoms with Crippen LogP contribution in [0.5, 0.6) is 5.75 Å². The number of nitrogens with one attached hydrogen (secondary N) is 1. The minimum Gasteiger partial charge on any atom is -0.497 e. The molecule has 0 saturated carbocycles. The van der Waals surface area contributed by atoms with E-state index in [0.717, 1.165) is 22.6 Å². The third kappa shape index (κ3) is 5.70. The molecule has 7 nitrogen and oxygen atoms in total. The van der Waals surface area contributed by atoms with Crippen LogP contribution < -0.4 is 10.1 Å². The minimum atomic E-state index is -0.613. The van der Waals surface area contributed by atoms with E-state index in [1.807, 2.05) is 36.2 Å². The number of aryl methyl sites for hydroxylation is 1. The topological polar surface area (TPSA) is 83.4 Å². The number of aliphatic imine (C=N–C) groups is 1. The van der Waals surface area contributed by atoms with E-state index >= 15 is 0 Å². The van der Waals surface area contributed by atoms with Crippen LogP contribution in [0.25, 0.3) is 0 Å². The molecule has 0 saturated heterocycles. The summed E-state index contributed by atoms with van der Waals surface area (Å²) in [5.41, 5.74) is 4.77. The fourth-order valence-corrected chi connectivity index (χ4v) is 5.40. The Morgan fingerprint density at radius 3 is 2.46 bits per heavy atom. The van der Waals surface area contributed by atoms with Gasteiger partial charge in [0.25, 0.3) is 5.91 Å². The van der Waals surface area contributed by atoms with E-state index in [1.165, 1.54) is 17.3 Å². The number of hydrogen-bond acceptors (Lipinski definition) is 6. The first-order chi connectivity index (χ1) is 17.9. The van der Waals surface area contributed by atoms with Gasteiger partial charge in [0.1, 0.15) is 11.0 Å². The number of nitrogens with zero attached hydrogens (tertiary/aromatic N) is 3. The zero-order valence-corrected chi connectivity index (χ0v) is 21.9. The van der Waals surface area contributed by atoms with Crippen molar-refractivity contribution in [2.75, 3.05) is 12.4 Å². The molecule has 0 spiro atoms. The highest BCUT2D eigenvalue weighted by atomic mass is 35.5. The lowest BCUT2D eigenvalue weighted by atomic mass is 9.98. The van der Waals surface area contributed by atoms with Crippen LogP contribution in [0.2, 0.25) is 5.02 Å². The molecule has 0 aromatic heterocycles. The first-order valence-electron chi connectivity index (χ1n) is 11.8. The summed E-state index contributed by atoms with van der Waals surface area (Å²) >= 11 is 7.19. The number of benzene rings is 3. The summed E-state index contributed by atoms with van der Waals surface area (Å²) in [6.07, 6.45) is 0.666. The molecule has 2 amide bonds. The number of rotatable bonds is 6. The van der Waals surface area contributed by atoms with Crippen LogP contribution in [-0.4, -0.2) is 40.1 Å². The van der Waals surface area contributed by atoms with E-state index < -0.39 is 5.25 Å². The van der Waals surface area contributed by atoms with Crippen molar-refractivity contribution >= 4 is 51.7 Å². The number of carbonyl (C=O) groups is 2. The third-order valence-corrected chi connectivity index (χ3v) is 7.61. The highest BCUT2D eigenvalue weighted by Gasteiger charge is 2.39. The van der Waals surface area contributed by atoms with Gasteiger partial charge in [0, 0.05) is 23.6 Å². The van der Waals surface area contributed by atoms with Crippen molar-refractivity contribution in [2.24, 2.45) is 10.1 Å². The molecular formula is C28H25ClN4O3S. The highest BCUT2D eigenvalue weighted by molar-refractivity contribution is 8.15. The number of halogens is 1. The summed E-state index contributed by atoms with van der Waals surface area (Å²) in [6, 6.07) is 22.8. The van der Waals surface area contributed by atoms with Crippen LogP contribution in [-0.2, 0) is 9.59 Å². The molecule has 0 radical (unpaired) electrons. The molecule has 0 aliphatic carbocycles. The molecule has 2 atom stereocenters. The monoisotopic (exact) mass is 532 g/mol. The Labute approximate surface area is 224 Å². The van der Waals surface area contributed by atoms with Gasteiger partial charge in [-0.15, -0.1) is 0 Å². The van der Waals surface area contributed by atoms with Crippen molar-refractivity contribution in [1.29, 1.82) is 0 Å². The molecule has 3 aromatic carbocycles. The molecule has 1 N–H and O–H groups in total. The summed E-state index contributed by atoms with van der Waals surface area (Å²) < 4.78 is 5.31. The van der Waals surface area contributed by atoms with Crippen molar-refractivity contribution in [2.45, 2.75) is 31.1 Å². The van der Waals surface area contributed by atoms with Gasteiger partial charge in [-0.05, 0) is 54.4 Å². The van der Waals surface area contributed by atoms with Gasteiger partial charge in [-0.3, -0.25) is 9.59 Å². The molecule has 5 rings (SSSR count).